The lowest BCUT2D eigenvalue weighted by molar-refractivity contribution is 0.122. The quantitative estimate of drug-likeness (QED) is 0.510. The maximum Gasteiger partial charge on any atom is 0.263 e. The second kappa shape index (κ2) is 9.18. The first-order chi connectivity index (χ1) is 14.8. The minimum atomic E-state index is -3.98. The SMILES string of the molecule is O=S(=O)(Nc1cccc(-c2ccc(N3CCOCC3)nn2)c1)c1cc(Cl)c(Cl)cc1Cl. The number of hydrogen-bond donors (Lipinski definition) is 1. The summed E-state index contributed by atoms with van der Waals surface area (Å²) >= 11 is 17.9. The molecule has 0 spiro atoms. The summed E-state index contributed by atoms with van der Waals surface area (Å²) in [5.41, 5.74) is 1.67. The van der Waals surface area contributed by atoms with Gasteiger partial charge in [0.2, 0.25) is 0 Å². The Morgan fingerprint density at radius 2 is 1.65 bits per heavy atom. The van der Waals surface area contributed by atoms with Crippen LogP contribution < -0.4 is 9.62 Å². The molecule has 0 aliphatic carbocycles. The molecule has 2 aromatic carbocycles. The zero-order valence-corrected chi connectivity index (χ0v) is 19.1. The molecule has 162 valence electrons. The monoisotopic (exact) mass is 498 g/mol. The fraction of sp³-hybridized carbons (Fsp3) is 0.200. The molecule has 11 heteroatoms. The maximum atomic E-state index is 12.8. The molecule has 1 N–H and O–H groups in total. The summed E-state index contributed by atoms with van der Waals surface area (Å²) in [4.78, 5) is 1.94. The first-order valence-corrected chi connectivity index (χ1v) is 11.9. The summed E-state index contributed by atoms with van der Waals surface area (Å²) in [5.74, 6) is 0.776. The third kappa shape index (κ3) is 5.05. The highest BCUT2D eigenvalue weighted by molar-refractivity contribution is 7.92. The first-order valence-electron chi connectivity index (χ1n) is 9.28. The van der Waals surface area contributed by atoms with Crippen LogP contribution in [0.25, 0.3) is 11.3 Å². The fourth-order valence-corrected chi connectivity index (χ4v) is 5.15. The molecular formula is C20H17Cl3N4O3S. The van der Waals surface area contributed by atoms with Crippen LogP contribution in [0.3, 0.4) is 0 Å². The summed E-state index contributed by atoms with van der Waals surface area (Å²) in [6.07, 6.45) is 0. The standard InChI is InChI=1S/C20H17Cl3N4O3S/c21-15-11-17(23)19(12-16(15)22)31(28,29)26-14-3-1-2-13(10-14)18-4-5-20(25-24-18)27-6-8-30-9-7-27/h1-5,10-12,26H,6-9H2. The van der Waals surface area contributed by atoms with E-state index >= 15 is 0 Å². The summed E-state index contributed by atoms with van der Waals surface area (Å²) in [5, 5.41) is 8.83. The van der Waals surface area contributed by atoms with Crippen molar-refractivity contribution < 1.29 is 13.2 Å². The van der Waals surface area contributed by atoms with Crippen LogP contribution in [0.2, 0.25) is 15.1 Å². The van der Waals surface area contributed by atoms with E-state index in [0.29, 0.717) is 30.2 Å². The molecule has 0 saturated carbocycles. The number of rotatable bonds is 5. The number of hydrogen-bond acceptors (Lipinski definition) is 6. The average molecular weight is 500 g/mol. The average Bonchev–Trinajstić information content (AvgIpc) is 2.77. The molecule has 7 nitrogen and oxygen atoms in total. The van der Waals surface area contributed by atoms with E-state index in [4.69, 9.17) is 39.5 Å². The van der Waals surface area contributed by atoms with Crippen LogP contribution in [-0.2, 0) is 14.8 Å². The van der Waals surface area contributed by atoms with Gasteiger partial charge in [-0.25, -0.2) is 8.42 Å². The van der Waals surface area contributed by atoms with Gasteiger partial charge in [-0.1, -0.05) is 46.9 Å². The van der Waals surface area contributed by atoms with Crippen LogP contribution in [0.5, 0.6) is 0 Å². The summed E-state index contributed by atoms with van der Waals surface area (Å²) in [6.45, 7) is 2.86. The second-order valence-electron chi connectivity index (χ2n) is 6.76. The normalized spacial score (nSPS) is 14.5. The van der Waals surface area contributed by atoms with Crippen molar-refractivity contribution in [3.05, 3.63) is 63.6 Å². The molecule has 1 aliphatic heterocycles. The molecule has 1 aromatic heterocycles. The number of sulfonamides is 1. The number of halogens is 3. The van der Waals surface area contributed by atoms with Gasteiger partial charge < -0.3 is 9.64 Å². The predicted molar refractivity (Wildman–Crippen MR) is 123 cm³/mol. The van der Waals surface area contributed by atoms with Crippen LogP contribution in [0.15, 0.2) is 53.4 Å². The third-order valence-electron chi connectivity index (χ3n) is 4.66. The van der Waals surface area contributed by atoms with Crippen molar-refractivity contribution in [2.24, 2.45) is 0 Å². The van der Waals surface area contributed by atoms with Crippen molar-refractivity contribution in [3.63, 3.8) is 0 Å². The van der Waals surface area contributed by atoms with Crippen LogP contribution >= 0.6 is 34.8 Å². The number of nitrogens with one attached hydrogen (secondary N) is 1. The highest BCUT2D eigenvalue weighted by Crippen LogP contribution is 2.33. The van der Waals surface area contributed by atoms with E-state index in [2.05, 4.69) is 19.8 Å². The molecule has 4 rings (SSSR count). The minimum absolute atomic E-state index is 0.0253. The van der Waals surface area contributed by atoms with Crippen molar-refractivity contribution in [2.45, 2.75) is 4.90 Å². The molecule has 0 amide bonds. The van der Waals surface area contributed by atoms with Crippen molar-refractivity contribution in [1.29, 1.82) is 0 Å². The van der Waals surface area contributed by atoms with Gasteiger partial charge in [0.1, 0.15) is 4.90 Å². The van der Waals surface area contributed by atoms with Crippen LogP contribution in [0, 0.1) is 0 Å². The van der Waals surface area contributed by atoms with Gasteiger partial charge in [-0.15, -0.1) is 10.2 Å². The smallest absolute Gasteiger partial charge is 0.263 e. The number of morpholine rings is 1. The molecule has 0 unspecified atom stereocenters. The van der Waals surface area contributed by atoms with Gasteiger partial charge in [-0.3, -0.25) is 4.72 Å². The lowest BCUT2D eigenvalue weighted by atomic mass is 10.1. The Morgan fingerprint density at radius 3 is 2.35 bits per heavy atom. The molecule has 0 bridgehead atoms. The number of nitrogens with zero attached hydrogens (tertiary/aromatic N) is 3. The molecule has 1 saturated heterocycles. The van der Waals surface area contributed by atoms with E-state index in [9.17, 15) is 8.42 Å². The zero-order valence-electron chi connectivity index (χ0n) is 16.1. The summed E-state index contributed by atoms with van der Waals surface area (Å²) in [7, 11) is -3.98. The van der Waals surface area contributed by atoms with E-state index in [1.807, 2.05) is 18.2 Å². The zero-order chi connectivity index (χ0) is 22.0. The van der Waals surface area contributed by atoms with Gasteiger partial charge >= 0.3 is 0 Å². The predicted octanol–water partition coefficient (Wildman–Crippen LogP) is 4.74. The number of ether oxygens (including phenoxy) is 1. The van der Waals surface area contributed by atoms with E-state index in [1.165, 1.54) is 12.1 Å². The van der Waals surface area contributed by atoms with E-state index in [1.54, 1.807) is 18.2 Å². The van der Waals surface area contributed by atoms with E-state index < -0.39 is 10.0 Å². The lowest BCUT2D eigenvalue weighted by Crippen LogP contribution is -2.36. The van der Waals surface area contributed by atoms with E-state index in [0.717, 1.165) is 18.9 Å². The molecule has 0 radical (unpaired) electrons. The Hall–Kier alpha value is -2.10. The molecule has 2 heterocycles. The Kier molecular flexibility index (Phi) is 6.55. The molecule has 1 aliphatic rings. The van der Waals surface area contributed by atoms with Gasteiger partial charge in [-0.05, 0) is 36.4 Å². The van der Waals surface area contributed by atoms with Gasteiger partial charge in [0, 0.05) is 24.3 Å². The highest BCUT2D eigenvalue weighted by atomic mass is 35.5. The molecule has 0 atom stereocenters. The summed E-state index contributed by atoms with van der Waals surface area (Å²) < 4.78 is 33.5. The Morgan fingerprint density at radius 1 is 0.903 bits per heavy atom. The molecule has 3 aromatic rings. The van der Waals surface area contributed by atoms with Crippen LogP contribution in [0.1, 0.15) is 0 Å². The van der Waals surface area contributed by atoms with Crippen molar-refractivity contribution in [2.75, 3.05) is 35.9 Å². The topological polar surface area (TPSA) is 84.4 Å². The largest absolute Gasteiger partial charge is 0.378 e. The van der Waals surface area contributed by atoms with Crippen molar-refractivity contribution in [3.8, 4) is 11.3 Å². The van der Waals surface area contributed by atoms with Crippen molar-refractivity contribution in [1.82, 2.24) is 10.2 Å². The van der Waals surface area contributed by atoms with Crippen LogP contribution in [-0.4, -0.2) is 44.9 Å². The van der Waals surface area contributed by atoms with Gasteiger partial charge in [-0.2, -0.15) is 0 Å². The molecule has 31 heavy (non-hydrogen) atoms. The first kappa shape index (κ1) is 22.1. The summed E-state index contributed by atoms with van der Waals surface area (Å²) in [6, 6.07) is 13.1. The lowest BCUT2D eigenvalue weighted by Gasteiger charge is -2.27. The number of anilines is 2. The Balaban J connectivity index is 1.56. The van der Waals surface area contributed by atoms with Gasteiger partial charge in [0.25, 0.3) is 10.0 Å². The fourth-order valence-electron chi connectivity index (χ4n) is 3.10. The van der Waals surface area contributed by atoms with E-state index in [-0.39, 0.29) is 20.0 Å². The van der Waals surface area contributed by atoms with Gasteiger partial charge in [0.05, 0.1) is 34.0 Å². The van der Waals surface area contributed by atoms with Crippen molar-refractivity contribution >= 4 is 56.3 Å². The number of benzene rings is 2. The van der Waals surface area contributed by atoms with Crippen LogP contribution in [0.4, 0.5) is 11.5 Å². The van der Waals surface area contributed by atoms with Gasteiger partial charge in [0.15, 0.2) is 5.82 Å². The Bertz CT molecular complexity index is 1200. The second-order valence-corrected chi connectivity index (χ2v) is 9.63. The highest BCUT2D eigenvalue weighted by Gasteiger charge is 2.20. The number of aromatic nitrogens is 2. The maximum absolute atomic E-state index is 12.8. The molecular weight excluding hydrogens is 483 g/mol. The minimum Gasteiger partial charge on any atom is -0.378 e. The third-order valence-corrected chi connectivity index (χ3v) is 7.23. The molecule has 1 fully saturated rings. The Labute approximate surface area is 195 Å².